The zero-order valence-corrected chi connectivity index (χ0v) is 10.4. The molecule has 0 aromatic heterocycles. The van der Waals surface area contributed by atoms with Gasteiger partial charge in [-0.15, -0.1) is 0 Å². The average Bonchev–Trinajstić information content (AvgIpc) is 2.69. The third-order valence-electron chi connectivity index (χ3n) is 3.36. The Morgan fingerprint density at radius 2 is 2.12 bits per heavy atom. The van der Waals surface area contributed by atoms with E-state index in [-0.39, 0.29) is 18.4 Å². The molecule has 1 amide bonds. The summed E-state index contributed by atoms with van der Waals surface area (Å²) in [6.45, 7) is 4.96. The Labute approximate surface area is 98.0 Å². The van der Waals surface area contributed by atoms with Crippen LogP contribution in [0.5, 0.6) is 0 Å². The molecule has 0 spiro atoms. The summed E-state index contributed by atoms with van der Waals surface area (Å²) in [5.41, 5.74) is 0. The first kappa shape index (κ1) is 13.5. The van der Waals surface area contributed by atoms with E-state index in [2.05, 4.69) is 12.2 Å². The van der Waals surface area contributed by atoms with Crippen LogP contribution in [0.2, 0.25) is 0 Å². The molecule has 0 bridgehead atoms. The van der Waals surface area contributed by atoms with Gasteiger partial charge in [-0.2, -0.15) is 0 Å². The fourth-order valence-electron chi connectivity index (χ4n) is 2.17. The zero-order valence-electron chi connectivity index (χ0n) is 10.4. The number of hydrogen-bond donors (Lipinski definition) is 2. The fraction of sp³-hybridized carbons (Fsp3) is 0.917. The molecule has 4 nitrogen and oxygen atoms in total. The van der Waals surface area contributed by atoms with Crippen molar-refractivity contribution < 1.29 is 9.90 Å². The summed E-state index contributed by atoms with van der Waals surface area (Å²) in [5, 5.41) is 11.9. The van der Waals surface area contributed by atoms with Crippen LogP contribution in [0.3, 0.4) is 0 Å². The first-order chi connectivity index (χ1) is 7.66. The van der Waals surface area contributed by atoms with Gasteiger partial charge in [-0.1, -0.05) is 6.92 Å². The third-order valence-corrected chi connectivity index (χ3v) is 3.36. The van der Waals surface area contributed by atoms with Gasteiger partial charge in [0.15, 0.2) is 0 Å². The summed E-state index contributed by atoms with van der Waals surface area (Å²) >= 11 is 0. The molecule has 0 radical (unpaired) electrons. The lowest BCUT2D eigenvalue weighted by atomic mass is 9.97. The summed E-state index contributed by atoms with van der Waals surface area (Å²) in [4.78, 5) is 13.9. The number of carbonyl (C=O) groups excluding carboxylic acids is 1. The SMILES string of the molecule is CC1CNCC1C(=O)N(C)CCCCCO. The lowest BCUT2D eigenvalue weighted by Gasteiger charge is -2.22. The van der Waals surface area contributed by atoms with Crippen molar-refractivity contribution in [3.05, 3.63) is 0 Å². The van der Waals surface area contributed by atoms with Crippen LogP contribution >= 0.6 is 0 Å². The van der Waals surface area contributed by atoms with Gasteiger partial charge in [0.1, 0.15) is 0 Å². The minimum atomic E-state index is 0.155. The molecule has 1 saturated heterocycles. The van der Waals surface area contributed by atoms with E-state index < -0.39 is 0 Å². The number of carbonyl (C=O) groups is 1. The van der Waals surface area contributed by atoms with Crippen LogP contribution in [-0.4, -0.2) is 49.2 Å². The van der Waals surface area contributed by atoms with Crippen molar-refractivity contribution in [2.24, 2.45) is 11.8 Å². The van der Waals surface area contributed by atoms with E-state index in [1.807, 2.05) is 11.9 Å². The Kier molecular flexibility index (Phi) is 5.77. The molecule has 0 saturated carbocycles. The van der Waals surface area contributed by atoms with E-state index in [4.69, 9.17) is 5.11 Å². The van der Waals surface area contributed by atoms with Gasteiger partial charge >= 0.3 is 0 Å². The monoisotopic (exact) mass is 228 g/mol. The molecule has 2 N–H and O–H groups in total. The Balaban J connectivity index is 2.24. The molecule has 0 aromatic carbocycles. The topological polar surface area (TPSA) is 52.6 Å². The van der Waals surface area contributed by atoms with Crippen LogP contribution in [0.1, 0.15) is 26.2 Å². The van der Waals surface area contributed by atoms with Gasteiger partial charge in [0.2, 0.25) is 5.91 Å². The fourth-order valence-corrected chi connectivity index (χ4v) is 2.17. The highest BCUT2D eigenvalue weighted by molar-refractivity contribution is 5.79. The van der Waals surface area contributed by atoms with E-state index in [9.17, 15) is 4.79 Å². The molecule has 1 fully saturated rings. The molecule has 1 aliphatic heterocycles. The van der Waals surface area contributed by atoms with Crippen molar-refractivity contribution in [2.45, 2.75) is 26.2 Å². The molecule has 2 atom stereocenters. The zero-order chi connectivity index (χ0) is 12.0. The van der Waals surface area contributed by atoms with Crippen LogP contribution in [0, 0.1) is 11.8 Å². The van der Waals surface area contributed by atoms with Gasteiger partial charge in [-0.05, 0) is 31.7 Å². The van der Waals surface area contributed by atoms with Gasteiger partial charge in [-0.3, -0.25) is 4.79 Å². The normalized spacial score (nSPS) is 24.7. The number of aliphatic hydroxyl groups excluding tert-OH is 1. The summed E-state index contributed by atoms with van der Waals surface area (Å²) in [6.07, 6.45) is 2.81. The van der Waals surface area contributed by atoms with Crippen molar-refractivity contribution in [1.82, 2.24) is 10.2 Å². The first-order valence-electron chi connectivity index (χ1n) is 6.23. The largest absolute Gasteiger partial charge is 0.396 e. The predicted molar refractivity (Wildman–Crippen MR) is 64.1 cm³/mol. The van der Waals surface area contributed by atoms with Crippen LogP contribution in [-0.2, 0) is 4.79 Å². The van der Waals surface area contributed by atoms with Crippen molar-refractivity contribution >= 4 is 5.91 Å². The number of unbranched alkanes of at least 4 members (excludes halogenated alkanes) is 2. The van der Waals surface area contributed by atoms with Crippen LogP contribution in [0.4, 0.5) is 0 Å². The summed E-state index contributed by atoms with van der Waals surface area (Å²) in [7, 11) is 1.88. The minimum absolute atomic E-state index is 0.155. The average molecular weight is 228 g/mol. The quantitative estimate of drug-likeness (QED) is 0.650. The number of hydrogen-bond acceptors (Lipinski definition) is 3. The van der Waals surface area contributed by atoms with E-state index >= 15 is 0 Å². The molecule has 0 aromatic rings. The molecule has 2 unspecified atom stereocenters. The summed E-state index contributed by atoms with van der Waals surface area (Å²) in [5.74, 6) is 0.872. The van der Waals surface area contributed by atoms with Crippen LogP contribution in [0.15, 0.2) is 0 Å². The predicted octanol–water partition coefficient (Wildman–Crippen LogP) is 0.463. The number of amides is 1. The Bertz CT molecular complexity index is 221. The highest BCUT2D eigenvalue weighted by atomic mass is 16.2. The number of rotatable bonds is 6. The molecular formula is C12H24N2O2. The highest BCUT2D eigenvalue weighted by Crippen LogP contribution is 2.18. The lowest BCUT2D eigenvalue weighted by molar-refractivity contribution is -0.134. The molecular weight excluding hydrogens is 204 g/mol. The minimum Gasteiger partial charge on any atom is -0.396 e. The highest BCUT2D eigenvalue weighted by Gasteiger charge is 2.31. The Morgan fingerprint density at radius 3 is 2.69 bits per heavy atom. The molecule has 94 valence electrons. The number of aliphatic hydroxyl groups is 1. The Morgan fingerprint density at radius 1 is 1.38 bits per heavy atom. The van der Waals surface area contributed by atoms with Gasteiger partial charge in [0, 0.05) is 26.7 Å². The molecule has 1 rings (SSSR count). The van der Waals surface area contributed by atoms with Crippen molar-refractivity contribution in [2.75, 3.05) is 33.3 Å². The van der Waals surface area contributed by atoms with E-state index in [0.29, 0.717) is 5.92 Å². The lowest BCUT2D eigenvalue weighted by Crippen LogP contribution is -2.36. The smallest absolute Gasteiger partial charge is 0.227 e. The van der Waals surface area contributed by atoms with E-state index in [0.717, 1.165) is 38.9 Å². The van der Waals surface area contributed by atoms with E-state index in [1.54, 1.807) is 0 Å². The van der Waals surface area contributed by atoms with Gasteiger partial charge in [-0.25, -0.2) is 0 Å². The van der Waals surface area contributed by atoms with Crippen molar-refractivity contribution in [3.8, 4) is 0 Å². The molecule has 16 heavy (non-hydrogen) atoms. The maximum atomic E-state index is 12.1. The summed E-state index contributed by atoms with van der Waals surface area (Å²) < 4.78 is 0. The van der Waals surface area contributed by atoms with Crippen molar-refractivity contribution in [1.29, 1.82) is 0 Å². The number of nitrogens with one attached hydrogen (secondary N) is 1. The molecule has 4 heteroatoms. The molecule has 1 aliphatic rings. The molecule has 0 aliphatic carbocycles. The standard InChI is InChI=1S/C12H24N2O2/c1-10-8-13-9-11(10)12(16)14(2)6-4-3-5-7-15/h10-11,13,15H,3-9H2,1-2H3. The second-order valence-corrected chi connectivity index (χ2v) is 4.79. The second-order valence-electron chi connectivity index (χ2n) is 4.79. The van der Waals surface area contributed by atoms with E-state index in [1.165, 1.54) is 0 Å². The van der Waals surface area contributed by atoms with Crippen molar-refractivity contribution in [3.63, 3.8) is 0 Å². The maximum Gasteiger partial charge on any atom is 0.227 e. The Hall–Kier alpha value is -0.610. The van der Waals surface area contributed by atoms with Gasteiger partial charge in [0.05, 0.1) is 5.92 Å². The molecule has 1 heterocycles. The van der Waals surface area contributed by atoms with Crippen LogP contribution in [0.25, 0.3) is 0 Å². The van der Waals surface area contributed by atoms with Gasteiger partial charge < -0.3 is 15.3 Å². The first-order valence-corrected chi connectivity index (χ1v) is 6.23. The van der Waals surface area contributed by atoms with Crippen LogP contribution < -0.4 is 5.32 Å². The van der Waals surface area contributed by atoms with Gasteiger partial charge in [0.25, 0.3) is 0 Å². The maximum absolute atomic E-state index is 12.1. The second kappa shape index (κ2) is 6.86. The number of nitrogens with zero attached hydrogens (tertiary/aromatic N) is 1. The third kappa shape index (κ3) is 3.76. The summed E-state index contributed by atoms with van der Waals surface area (Å²) in [6, 6.07) is 0.